The van der Waals surface area contributed by atoms with Gasteiger partial charge in [0.2, 0.25) is 17.7 Å². The number of aromatic amines is 1. The highest BCUT2D eigenvalue weighted by molar-refractivity contribution is 5.94. The van der Waals surface area contributed by atoms with E-state index >= 15 is 0 Å². The predicted octanol–water partition coefficient (Wildman–Crippen LogP) is -1.69. The van der Waals surface area contributed by atoms with Crippen LogP contribution in [-0.2, 0) is 36.8 Å². The number of aromatic nitrogens is 2. The lowest BCUT2D eigenvalue weighted by atomic mass is 10.0. The zero-order valence-electron chi connectivity index (χ0n) is 20.7. The molecule has 1 heterocycles. The highest BCUT2D eigenvalue weighted by Gasteiger charge is 2.33. The lowest BCUT2D eigenvalue weighted by molar-refractivity contribution is -0.144. The van der Waals surface area contributed by atoms with Crippen molar-refractivity contribution >= 4 is 29.7 Å². The Morgan fingerprint density at radius 2 is 1.61 bits per heavy atom. The quantitative estimate of drug-likeness (QED) is 0.129. The Kier molecular flexibility index (Phi) is 11.4. The van der Waals surface area contributed by atoms with E-state index in [2.05, 4.69) is 25.9 Å². The molecule has 0 aliphatic rings. The Hall–Kier alpha value is -4.30. The van der Waals surface area contributed by atoms with Gasteiger partial charge in [-0.1, -0.05) is 30.3 Å². The molecule has 14 nitrogen and oxygen atoms in total. The minimum atomic E-state index is -1.59. The average Bonchev–Trinajstić information content (AvgIpc) is 3.37. The minimum absolute atomic E-state index is 0.0275. The van der Waals surface area contributed by atoms with Crippen molar-refractivity contribution in [3.8, 4) is 0 Å². The number of amides is 3. The molecule has 206 valence electrons. The van der Waals surface area contributed by atoms with Gasteiger partial charge in [0.05, 0.1) is 18.5 Å². The standard InChI is InChI=1S/C24H32N6O8/c1-13(31)20(23(36)28-17(24(37)38)7-8-19(32)33)30-22(35)18(9-14-5-3-2-4-6-14)29-21(34)16(25)10-15-11-26-12-27-15/h2-6,11-13,16-18,20,31H,7-10,25H2,1H3,(H,26,27)(H,28,36)(H,29,34)(H,30,35)(H,32,33)(H,37,38). The summed E-state index contributed by atoms with van der Waals surface area (Å²) in [5.74, 6) is -5.23. The maximum absolute atomic E-state index is 13.2. The summed E-state index contributed by atoms with van der Waals surface area (Å²) in [5.41, 5.74) is 7.29. The number of aliphatic hydroxyl groups is 1. The molecular formula is C24H32N6O8. The van der Waals surface area contributed by atoms with Crippen molar-refractivity contribution < 1.29 is 39.3 Å². The SMILES string of the molecule is CC(O)C(NC(=O)C(Cc1ccccc1)NC(=O)C(N)Cc1cnc[nH]1)C(=O)NC(CCC(=O)O)C(=O)O. The maximum Gasteiger partial charge on any atom is 0.326 e. The molecule has 14 heteroatoms. The first-order chi connectivity index (χ1) is 18.0. The third-order valence-electron chi connectivity index (χ3n) is 5.57. The van der Waals surface area contributed by atoms with Gasteiger partial charge in [0.15, 0.2) is 0 Å². The highest BCUT2D eigenvalue weighted by atomic mass is 16.4. The summed E-state index contributed by atoms with van der Waals surface area (Å²) < 4.78 is 0. The second-order valence-corrected chi connectivity index (χ2v) is 8.70. The number of nitrogens with zero attached hydrogens (tertiary/aromatic N) is 1. The molecule has 0 bridgehead atoms. The van der Waals surface area contributed by atoms with E-state index in [1.165, 1.54) is 19.4 Å². The summed E-state index contributed by atoms with van der Waals surface area (Å²) in [4.78, 5) is 67.7. The third-order valence-corrected chi connectivity index (χ3v) is 5.57. The van der Waals surface area contributed by atoms with E-state index in [-0.39, 0.29) is 12.8 Å². The second-order valence-electron chi connectivity index (χ2n) is 8.70. The molecule has 0 aliphatic carbocycles. The van der Waals surface area contributed by atoms with Crippen LogP contribution in [0.25, 0.3) is 0 Å². The first kappa shape index (κ1) is 29.9. The number of imidazole rings is 1. The number of nitrogens with one attached hydrogen (secondary N) is 4. The number of hydrogen-bond acceptors (Lipinski definition) is 8. The van der Waals surface area contributed by atoms with Gasteiger partial charge < -0.3 is 42.0 Å². The van der Waals surface area contributed by atoms with Gasteiger partial charge in [-0.3, -0.25) is 19.2 Å². The summed E-state index contributed by atoms with van der Waals surface area (Å²) in [6.45, 7) is 1.21. The van der Waals surface area contributed by atoms with Gasteiger partial charge in [-0.15, -0.1) is 0 Å². The molecule has 2 rings (SSSR count). The van der Waals surface area contributed by atoms with Crippen LogP contribution in [0.5, 0.6) is 0 Å². The Balaban J connectivity index is 2.16. The third kappa shape index (κ3) is 9.63. The number of nitrogens with two attached hydrogens (primary N) is 1. The zero-order chi connectivity index (χ0) is 28.2. The summed E-state index contributed by atoms with van der Waals surface area (Å²) in [5, 5.41) is 35.3. The second kappa shape index (κ2) is 14.4. The van der Waals surface area contributed by atoms with E-state index in [1.54, 1.807) is 30.3 Å². The fourth-order valence-corrected chi connectivity index (χ4v) is 3.51. The molecule has 38 heavy (non-hydrogen) atoms. The number of H-pyrrole nitrogens is 1. The van der Waals surface area contributed by atoms with Crippen LogP contribution in [0, 0.1) is 0 Å². The molecule has 3 amide bonds. The van der Waals surface area contributed by atoms with Crippen molar-refractivity contribution in [1.82, 2.24) is 25.9 Å². The monoisotopic (exact) mass is 532 g/mol. The molecule has 1 aromatic carbocycles. The number of rotatable bonds is 15. The molecule has 5 atom stereocenters. The van der Waals surface area contributed by atoms with Gasteiger partial charge in [0.1, 0.15) is 18.1 Å². The largest absolute Gasteiger partial charge is 0.481 e. The van der Waals surface area contributed by atoms with Crippen molar-refractivity contribution in [3.63, 3.8) is 0 Å². The summed E-state index contributed by atoms with van der Waals surface area (Å²) >= 11 is 0. The van der Waals surface area contributed by atoms with E-state index in [4.69, 9.17) is 10.8 Å². The normalized spacial score (nSPS) is 14.8. The molecule has 5 unspecified atom stereocenters. The first-order valence-electron chi connectivity index (χ1n) is 11.8. The smallest absolute Gasteiger partial charge is 0.326 e. The van der Waals surface area contributed by atoms with Gasteiger partial charge >= 0.3 is 11.9 Å². The minimum Gasteiger partial charge on any atom is -0.481 e. The number of carbonyl (C=O) groups is 5. The van der Waals surface area contributed by atoms with Gasteiger partial charge in [-0.05, 0) is 18.9 Å². The number of hydrogen-bond donors (Lipinski definition) is 8. The average molecular weight is 533 g/mol. The highest BCUT2D eigenvalue weighted by Crippen LogP contribution is 2.07. The number of carboxylic acids is 2. The molecule has 0 aliphatic heterocycles. The summed E-state index contributed by atoms with van der Waals surface area (Å²) in [6.07, 6.45) is 0.711. The Morgan fingerprint density at radius 3 is 2.16 bits per heavy atom. The fraction of sp³-hybridized carbons (Fsp3) is 0.417. The van der Waals surface area contributed by atoms with E-state index in [9.17, 15) is 34.2 Å². The Labute approximate surface area is 218 Å². The van der Waals surface area contributed by atoms with Crippen LogP contribution in [0.15, 0.2) is 42.9 Å². The van der Waals surface area contributed by atoms with Crippen molar-refractivity contribution in [2.24, 2.45) is 5.73 Å². The van der Waals surface area contributed by atoms with E-state index < -0.39 is 72.8 Å². The molecule has 0 spiro atoms. The van der Waals surface area contributed by atoms with Crippen LogP contribution in [0.3, 0.4) is 0 Å². The van der Waals surface area contributed by atoms with Crippen LogP contribution in [0.4, 0.5) is 0 Å². The van der Waals surface area contributed by atoms with E-state index in [0.717, 1.165) is 0 Å². The van der Waals surface area contributed by atoms with Crippen LogP contribution in [0.1, 0.15) is 31.0 Å². The molecule has 0 saturated carbocycles. The van der Waals surface area contributed by atoms with Crippen LogP contribution in [0.2, 0.25) is 0 Å². The van der Waals surface area contributed by atoms with Crippen molar-refractivity contribution in [3.05, 3.63) is 54.1 Å². The van der Waals surface area contributed by atoms with Crippen molar-refractivity contribution in [1.29, 1.82) is 0 Å². The van der Waals surface area contributed by atoms with Crippen LogP contribution >= 0.6 is 0 Å². The zero-order valence-corrected chi connectivity index (χ0v) is 20.7. The van der Waals surface area contributed by atoms with E-state index in [1.807, 2.05) is 0 Å². The molecule has 9 N–H and O–H groups in total. The summed E-state index contributed by atoms with van der Waals surface area (Å²) in [6, 6.07) is 3.34. The number of carboxylic acid groups (broad SMARTS) is 2. The van der Waals surface area contributed by atoms with Gasteiger partial charge in [0.25, 0.3) is 0 Å². The molecule has 1 aromatic heterocycles. The first-order valence-corrected chi connectivity index (χ1v) is 11.8. The number of aliphatic carboxylic acids is 2. The Morgan fingerprint density at radius 1 is 0.947 bits per heavy atom. The van der Waals surface area contributed by atoms with Crippen molar-refractivity contribution in [2.75, 3.05) is 0 Å². The van der Waals surface area contributed by atoms with Gasteiger partial charge in [0, 0.05) is 31.2 Å². The van der Waals surface area contributed by atoms with Crippen LogP contribution in [-0.4, -0.2) is 85.2 Å². The topological polar surface area (TPSA) is 237 Å². The van der Waals surface area contributed by atoms with Crippen molar-refractivity contribution in [2.45, 2.75) is 62.9 Å². The Bertz CT molecular complexity index is 1090. The lowest BCUT2D eigenvalue weighted by Crippen LogP contribution is -2.60. The molecular weight excluding hydrogens is 500 g/mol. The molecule has 2 aromatic rings. The number of benzene rings is 1. The van der Waals surface area contributed by atoms with Gasteiger partial charge in [-0.25, -0.2) is 9.78 Å². The molecule has 0 radical (unpaired) electrons. The predicted molar refractivity (Wildman–Crippen MR) is 132 cm³/mol. The molecule has 0 saturated heterocycles. The number of carbonyl (C=O) groups excluding carboxylic acids is 3. The summed E-state index contributed by atoms with van der Waals surface area (Å²) in [7, 11) is 0. The number of aliphatic hydroxyl groups excluding tert-OH is 1. The maximum atomic E-state index is 13.2. The van der Waals surface area contributed by atoms with Crippen LogP contribution < -0.4 is 21.7 Å². The fourth-order valence-electron chi connectivity index (χ4n) is 3.51. The lowest BCUT2D eigenvalue weighted by Gasteiger charge is -2.26. The van der Waals surface area contributed by atoms with Gasteiger partial charge in [-0.2, -0.15) is 0 Å². The van der Waals surface area contributed by atoms with E-state index in [0.29, 0.717) is 11.3 Å². The molecule has 0 fully saturated rings.